The third kappa shape index (κ3) is 2.79. The molecule has 130 valence electrons. The van der Waals surface area contributed by atoms with Gasteiger partial charge in [0, 0.05) is 16.4 Å². The fourth-order valence-corrected chi connectivity index (χ4v) is 5.66. The molecule has 0 bridgehead atoms. The lowest BCUT2D eigenvalue weighted by Crippen LogP contribution is -2.37. The maximum Gasteiger partial charge on any atom is 0.329 e. The summed E-state index contributed by atoms with van der Waals surface area (Å²) in [5.74, 6) is -0.0320. The molecular formula is C18H17ClN2O3S. The molecule has 5 nitrogen and oxygen atoms in total. The first-order chi connectivity index (χ1) is 11.9. The Hall–Kier alpha value is -2.05. The Morgan fingerprint density at radius 2 is 1.32 bits per heavy atom. The molecule has 2 atom stereocenters. The van der Waals surface area contributed by atoms with Crippen LogP contribution < -0.4 is 9.80 Å². The molecule has 0 saturated carbocycles. The number of carbonyl (C=O) groups excluding carboxylic acids is 1. The molecule has 2 saturated heterocycles. The quantitative estimate of drug-likeness (QED) is 0.756. The minimum atomic E-state index is -3.19. The van der Waals surface area contributed by atoms with E-state index in [0.717, 1.165) is 11.3 Å². The van der Waals surface area contributed by atoms with E-state index in [9.17, 15) is 13.2 Å². The second-order valence-electron chi connectivity index (χ2n) is 6.55. The summed E-state index contributed by atoms with van der Waals surface area (Å²) in [6, 6.07) is 13.5. The lowest BCUT2D eigenvalue weighted by molar-refractivity contribution is 0.255. The van der Waals surface area contributed by atoms with Gasteiger partial charge in [-0.05, 0) is 43.3 Å². The minimum absolute atomic E-state index is 0.0125. The zero-order valence-electron chi connectivity index (χ0n) is 13.6. The van der Waals surface area contributed by atoms with E-state index in [4.69, 9.17) is 11.6 Å². The molecule has 2 amide bonds. The van der Waals surface area contributed by atoms with Crippen molar-refractivity contribution < 1.29 is 13.2 Å². The first-order valence-electron chi connectivity index (χ1n) is 8.01. The van der Waals surface area contributed by atoms with Gasteiger partial charge < -0.3 is 0 Å². The van der Waals surface area contributed by atoms with Gasteiger partial charge in [-0.2, -0.15) is 0 Å². The first-order valence-corrected chi connectivity index (χ1v) is 10.2. The molecule has 2 unspecified atom stereocenters. The maximum absolute atomic E-state index is 13.1. The Morgan fingerprint density at radius 1 is 0.880 bits per heavy atom. The SMILES string of the molecule is Cc1ccc(N2C(=O)N(c3ccc(Cl)cc3)C3CS(=O)(=O)CC32)cc1. The van der Waals surface area contributed by atoms with E-state index >= 15 is 0 Å². The Bertz CT molecular complexity index is 856. The molecule has 2 aliphatic heterocycles. The number of rotatable bonds is 2. The van der Waals surface area contributed by atoms with Crippen LogP contribution in [0.4, 0.5) is 16.2 Å². The Kier molecular flexibility index (Phi) is 3.77. The lowest BCUT2D eigenvalue weighted by Gasteiger charge is -2.22. The van der Waals surface area contributed by atoms with Crippen molar-refractivity contribution in [3.8, 4) is 0 Å². The summed E-state index contributed by atoms with van der Waals surface area (Å²) in [5.41, 5.74) is 2.47. The average molecular weight is 377 g/mol. The summed E-state index contributed by atoms with van der Waals surface area (Å²) in [5, 5.41) is 0.571. The largest absolute Gasteiger partial charge is 0.329 e. The van der Waals surface area contributed by atoms with Crippen LogP contribution in [-0.2, 0) is 9.84 Å². The van der Waals surface area contributed by atoms with Crippen LogP contribution in [-0.4, -0.2) is 38.0 Å². The maximum atomic E-state index is 13.1. The van der Waals surface area contributed by atoms with Gasteiger partial charge in [-0.3, -0.25) is 9.80 Å². The molecule has 7 heteroatoms. The molecule has 25 heavy (non-hydrogen) atoms. The number of urea groups is 1. The van der Waals surface area contributed by atoms with Gasteiger partial charge in [-0.25, -0.2) is 13.2 Å². The van der Waals surface area contributed by atoms with Crippen LogP contribution in [0.1, 0.15) is 5.56 Å². The first kappa shape index (κ1) is 16.4. The second kappa shape index (κ2) is 5.75. The fourth-order valence-electron chi connectivity index (χ4n) is 3.61. The van der Waals surface area contributed by atoms with E-state index in [2.05, 4.69) is 0 Å². The third-order valence-electron chi connectivity index (χ3n) is 4.79. The van der Waals surface area contributed by atoms with E-state index in [1.165, 1.54) is 0 Å². The van der Waals surface area contributed by atoms with Crippen molar-refractivity contribution in [1.29, 1.82) is 0 Å². The van der Waals surface area contributed by atoms with Gasteiger partial charge in [0.1, 0.15) is 0 Å². The summed E-state index contributed by atoms with van der Waals surface area (Å²) in [4.78, 5) is 16.3. The van der Waals surface area contributed by atoms with Crippen molar-refractivity contribution in [2.24, 2.45) is 0 Å². The number of benzene rings is 2. The molecule has 2 aromatic carbocycles. The molecule has 0 aliphatic carbocycles. The highest BCUT2D eigenvalue weighted by atomic mass is 35.5. The van der Waals surface area contributed by atoms with E-state index in [1.54, 1.807) is 34.1 Å². The summed E-state index contributed by atoms with van der Waals surface area (Å²) >= 11 is 5.94. The molecule has 2 aliphatic rings. The number of fused-ring (bicyclic) bond motifs is 1. The molecule has 4 rings (SSSR count). The predicted octanol–water partition coefficient (Wildman–Crippen LogP) is 3.26. The van der Waals surface area contributed by atoms with Gasteiger partial charge >= 0.3 is 6.03 Å². The molecule has 0 aromatic heterocycles. The highest BCUT2D eigenvalue weighted by Gasteiger charge is 2.54. The monoisotopic (exact) mass is 376 g/mol. The number of aryl methyl sites for hydroxylation is 1. The number of halogens is 1. The number of hydrogen-bond acceptors (Lipinski definition) is 3. The number of sulfone groups is 1. The van der Waals surface area contributed by atoms with Gasteiger partial charge in [0.25, 0.3) is 0 Å². The summed E-state index contributed by atoms with van der Waals surface area (Å²) in [6.07, 6.45) is 0. The highest BCUT2D eigenvalue weighted by Crippen LogP contribution is 2.38. The second-order valence-corrected chi connectivity index (χ2v) is 9.14. The van der Waals surface area contributed by atoms with Crippen molar-refractivity contribution in [3.63, 3.8) is 0 Å². The smallest absolute Gasteiger partial charge is 0.288 e. The highest BCUT2D eigenvalue weighted by molar-refractivity contribution is 7.91. The standard InChI is InChI=1S/C18H17ClN2O3S/c1-12-2-6-14(7-3-12)20-16-10-25(23,24)11-17(16)21(18(20)22)15-8-4-13(19)5-9-15/h2-9,16-17H,10-11H2,1H3. The predicted molar refractivity (Wildman–Crippen MR) is 99.2 cm³/mol. The van der Waals surface area contributed by atoms with Gasteiger partial charge in [0.2, 0.25) is 0 Å². The molecule has 2 aromatic rings. The number of carbonyl (C=O) groups is 1. The molecule has 0 radical (unpaired) electrons. The van der Waals surface area contributed by atoms with E-state index in [0.29, 0.717) is 10.7 Å². The summed E-state index contributed by atoms with van der Waals surface area (Å²) in [6.45, 7) is 1.97. The number of anilines is 2. The van der Waals surface area contributed by atoms with Crippen LogP contribution in [0.15, 0.2) is 48.5 Å². The molecule has 2 heterocycles. The van der Waals surface area contributed by atoms with Crippen LogP contribution in [0, 0.1) is 6.92 Å². The Morgan fingerprint density at radius 3 is 1.80 bits per heavy atom. The van der Waals surface area contributed by atoms with Crippen LogP contribution in [0.5, 0.6) is 0 Å². The number of hydrogen-bond donors (Lipinski definition) is 0. The normalized spacial score (nSPS) is 24.6. The molecule has 0 N–H and O–H groups in total. The number of amides is 2. The lowest BCUT2D eigenvalue weighted by atomic mass is 10.1. The van der Waals surface area contributed by atoms with Crippen LogP contribution in [0.2, 0.25) is 5.02 Å². The van der Waals surface area contributed by atoms with Gasteiger partial charge in [0.05, 0.1) is 23.6 Å². The fraction of sp³-hybridized carbons (Fsp3) is 0.278. The van der Waals surface area contributed by atoms with Crippen molar-refractivity contribution in [3.05, 3.63) is 59.1 Å². The van der Waals surface area contributed by atoms with Gasteiger partial charge in [-0.1, -0.05) is 29.3 Å². The molecule has 2 fully saturated rings. The van der Waals surface area contributed by atoms with E-state index in [1.807, 2.05) is 31.2 Å². The Labute approximate surface area is 151 Å². The zero-order valence-corrected chi connectivity index (χ0v) is 15.2. The average Bonchev–Trinajstić information content (AvgIpc) is 2.99. The van der Waals surface area contributed by atoms with Crippen molar-refractivity contribution in [1.82, 2.24) is 0 Å². The summed E-state index contributed by atoms with van der Waals surface area (Å²) < 4.78 is 24.5. The van der Waals surface area contributed by atoms with E-state index < -0.39 is 9.84 Å². The molecular weight excluding hydrogens is 360 g/mol. The van der Waals surface area contributed by atoms with Crippen molar-refractivity contribution in [2.75, 3.05) is 21.3 Å². The number of nitrogens with zero attached hydrogens (tertiary/aromatic N) is 2. The van der Waals surface area contributed by atoms with Crippen molar-refractivity contribution in [2.45, 2.75) is 19.0 Å². The minimum Gasteiger partial charge on any atom is -0.288 e. The van der Waals surface area contributed by atoms with Crippen LogP contribution in [0.3, 0.4) is 0 Å². The van der Waals surface area contributed by atoms with Crippen LogP contribution >= 0.6 is 11.6 Å². The van der Waals surface area contributed by atoms with Gasteiger partial charge in [-0.15, -0.1) is 0 Å². The van der Waals surface area contributed by atoms with Crippen LogP contribution in [0.25, 0.3) is 0 Å². The van der Waals surface area contributed by atoms with E-state index in [-0.39, 0.29) is 29.6 Å². The Balaban J connectivity index is 1.79. The summed E-state index contributed by atoms with van der Waals surface area (Å²) in [7, 11) is -3.19. The van der Waals surface area contributed by atoms with Gasteiger partial charge in [0.15, 0.2) is 9.84 Å². The van der Waals surface area contributed by atoms with Crippen molar-refractivity contribution >= 4 is 38.8 Å². The zero-order chi connectivity index (χ0) is 17.8. The topological polar surface area (TPSA) is 57.7 Å². The third-order valence-corrected chi connectivity index (χ3v) is 6.74. The molecule has 0 spiro atoms.